The Hall–Kier alpha value is -0.660. The van der Waals surface area contributed by atoms with Crippen LogP contribution in [0.5, 0.6) is 0 Å². The number of carboxylic acid groups (broad SMARTS) is 1. The van der Waals surface area contributed by atoms with E-state index in [0.717, 1.165) is 0 Å². The van der Waals surface area contributed by atoms with Crippen molar-refractivity contribution in [1.29, 1.82) is 0 Å². The molecule has 0 amide bonds. The van der Waals surface area contributed by atoms with Gasteiger partial charge >= 0.3 is 5.97 Å². The summed E-state index contributed by atoms with van der Waals surface area (Å²) in [5.41, 5.74) is -0.228. The van der Waals surface area contributed by atoms with E-state index in [-0.39, 0.29) is 36.2 Å². The van der Waals surface area contributed by atoms with Gasteiger partial charge in [0, 0.05) is 25.0 Å². The number of aliphatic carboxylic acids is 1. The van der Waals surface area contributed by atoms with Gasteiger partial charge in [0.1, 0.15) is 0 Å². The van der Waals surface area contributed by atoms with Crippen molar-refractivity contribution in [3.63, 3.8) is 0 Å². The molecule has 2 N–H and O–H groups in total. The lowest BCUT2D eigenvalue weighted by Crippen LogP contribution is -2.61. The summed E-state index contributed by atoms with van der Waals surface area (Å²) < 4.78 is 31.4. The summed E-state index contributed by atoms with van der Waals surface area (Å²) in [7, 11) is -1.79. The van der Waals surface area contributed by atoms with Crippen LogP contribution in [0.15, 0.2) is 0 Å². The van der Waals surface area contributed by atoms with Crippen molar-refractivity contribution in [3.8, 4) is 0 Å². The quantitative estimate of drug-likeness (QED) is 0.711. The average molecular weight is 279 g/mol. The van der Waals surface area contributed by atoms with Crippen LogP contribution in [0.2, 0.25) is 0 Å². The molecule has 0 aromatic rings. The molecular weight excluding hydrogens is 258 g/mol. The predicted octanol–water partition coefficient (Wildman–Crippen LogP) is 0.584. The Morgan fingerprint density at radius 1 is 1.50 bits per heavy atom. The van der Waals surface area contributed by atoms with Crippen LogP contribution in [-0.4, -0.2) is 44.5 Å². The van der Waals surface area contributed by atoms with Crippen LogP contribution >= 0.6 is 0 Å². The summed E-state index contributed by atoms with van der Waals surface area (Å²) in [6, 6.07) is -0.141. The number of hydrogen-bond acceptors (Lipinski definition) is 4. The molecular formula is C11H21NO5S. The first-order valence-corrected chi connectivity index (χ1v) is 7.59. The Morgan fingerprint density at radius 3 is 2.56 bits per heavy atom. The van der Waals surface area contributed by atoms with Gasteiger partial charge < -0.3 is 9.84 Å². The van der Waals surface area contributed by atoms with Crippen molar-refractivity contribution in [1.82, 2.24) is 4.72 Å². The van der Waals surface area contributed by atoms with Gasteiger partial charge in [0.05, 0.1) is 11.9 Å². The fraction of sp³-hybridized carbons (Fsp3) is 0.909. The Bertz CT molecular complexity index is 404. The molecule has 0 saturated heterocycles. The van der Waals surface area contributed by atoms with Crippen molar-refractivity contribution in [2.45, 2.75) is 45.3 Å². The molecule has 106 valence electrons. The van der Waals surface area contributed by atoms with Crippen LogP contribution in [0.4, 0.5) is 0 Å². The van der Waals surface area contributed by atoms with Gasteiger partial charge in [-0.3, -0.25) is 4.79 Å². The number of carboxylic acids is 1. The van der Waals surface area contributed by atoms with E-state index < -0.39 is 16.0 Å². The lowest BCUT2D eigenvalue weighted by Gasteiger charge is -2.51. The van der Waals surface area contributed by atoms with E-state index in [1.54, 1.807) is 7.11 Å². The molecule has 1 rings (SSSR count). The predicted molar refractivity (Wildman–Crippen MR) is 66.8 cm³/mol. The third-order valence-corrected chi connectivity index (χ3v) is 5.06. The summed E-state index contributed by atoms with van der Waals surface area (Å²) in [6.07, 6.45) is 0.715. The highest BCUT2D eigenvalue weighted by atomic mass is 32.2. The summed E-state index contributed by atoms with van der Waals surface area (Å²) >= 11 is 0. The number of rotatable bonds is 7. The van der Waals surface area contributed by atoms with Crippen LogP contribution < -0.4 is 4.72 Å². The number of ether oxygens (including phenoxy) is 1. The van der Waals surface area contributed by atoms with Gasteiger partial charge in [-0.25, -0.2) is 13.1 Å². The fourth-order valence-corrected chi connectivity index (χ4v) is 3.65. The monoisotopic (exact) mass is 279 g/mol. The highest BCUT2D eigenvalue weighted by Crippen LogP contribution is 2.42. The summed E-state index contributed by atoms with van der Waals surface area (Å²) in [4.78, 5) is 10.3. The van der Waals surface area contributed by atoms with Crippen LogP contribution in [0, 0.1) is 5.41 Å². The summed E-state index contributed by atoms with van der Waals surface area (Å²) in [5, 5.41) is 8.47. The molecule has 2 atom stereocenters. The minimum Gasteiger partial charge on any atom is -0.481 e. The summed E-state index contributed by atoms with van der Waals surface area (Å²) in [6.45, 7) is 3.91. The van der Waals surface area contributed by atoms with Gasteiger partial charge in [-0.1, -0.05) is 13.8 Å². The highest BCUT2D eigenvalue weighted by molar-refractivity contribution is 7.89. The normalized spacial score (nSPS) is 26.6. The van der Waals surface area contributed by atoms with Crippen molar-refractivity contribution < 1.29 is 23.1 Å². The first kappa shape index (κ1) is 15.4. The maximum Gasteiger partial charge on any atom is 0.303 e. The van der Waals surface area contributed by atoms with Crippen LogP contribution in [0.25, 0.3) is 0 Å². The molecule has 1 aliphatic rings. The third-order valence-electron chi connectivity index (χ3n) is 3.59. The first-order valence-electron chi connectivity index (χ1n) is 5.93. The zero-order valence-corrected chi connectivity index (χ0v) is 11.8. The minimum atomic E-state index is -3.41. The third kappa shape index (κ3) is 3.66. The van der Waals surface area contributed by atoms with Gasteiger partial charge in [-0.15, -0.1) is 0 Å². The Morgan fingerprint density at radius 2 is 2.11 bits per heavy atom. The Kier molecular flexibility index (Phi) is 4.74. The standard InChI is InChI=1S/C11H21NO5S/c1-11(2)8(7-9(11)17-3)12-18(15,16)6-4-5-10(13)14/h8-9,12H,4-7H2,1-3H3,(H,13,14). The highest BCUT2D eigenvalue weighted by Gasteiger charge is 2.49. The Labute approximate surface area is 108 Å². The number of sulfonamides is 1. The van der Waals surface area contributed by atoms with E-state index in [0.29, 0.717) is 6.42 Å². The van der Waals surface area contributed by atoms with Gasteiger partial charge in [0.15, 0.2) is 0 Å². The second-order valence-electron chi connectivity index (χ2n) is 5.27. The van der Waals surface area contributed by atoms with Crippen molar-refractivity contribution in [3.05, 3.63) is 0 Å². The van der Waals surface area contributed by atoms with E-state index in [4.69, 9.17) is 9.84 Å². The zero-order chi connectivity index (χ0) is 14.0. The van der Waals surface area contributed by atoms with Crippen LogP contribution in [0.1, 0.15) is 33.1 Å². The van der Waals surface area contributed by atoms with Crippen molar-refractivity contribution >= 4 is 16.0 Å². The maximum atomic E-state index is 11.8. The minimum absolute atomic E-state index is 0.0595. The largest absolute Gasteiger partial charge is 0.481 e. The van der Waals surface area contributed by atoms with Crippen LogP contribution in [0.3, 0.4) is 0 Å². The summed E-state index contributed by atoms with van der Waals surface area (Å²) in [5.74, 6) is -1.13. The van der Waals surface area contributed by atoms with Crippen molar-refractivity contribution in [2.24, 2.45) is 5.41 Å². The van der Waals surface area contributed by atoms with E-state index in [1.807, 2.05) is 13.8 Å². The van der Waals surface area contributed by atoms with Gasteiger partial charge in [-0.2, -0.15) is 0 Å². The first-order chi connectivity index (χ1) is 8.19. The molecule has 7 heteroatoms. The lowest BCUT2D eigenvalue weighted by molar-refractivity contribution is -0.137. The number of hydrogen-bond donors (Lipinski definition) is 2. The Balaban J connectivity index is 2.45. The molecule has 0 radical (unpaired) electrons. The van der Waals surface area contributed by atoms with E-state index >= 15 is 0 Å². The van der Waals surface area contributed by atoms with Gasteiger partial charge in [0.2, 0.25) is 10.0 Å². The molecule has 2 unspecified atom stereocenters. The van der Waals surface area contributed by atoms with E-state index in [1.165, 1.54) is 0 Å². The smallest absolute Gasteiger partial charge is 0.303 e. The number of methoxy groups -OCH3 is 1. The molecule has 0 heterocycles. The van der Waals surface area contributed by atoms with Gasteiger partial charge in [0.25, 0.3) is 0 Å². The zero-order valence-electron chi connectivity index (χ0n) is 11.0. The molecule has 0 aromatic carbocycles. The van der Waals surface area contributed by atoms with E-state index in [9.17, 15) is 13.2 Å². The number of nitrogens with one attached hydrogen (secondary N) is 1. The van der Waals surface area contributed by atoms with Crippen LogP contribution in [-0.2, 0) is 19.6 Å². The second kappa shape index (κ2) is 5.54. The molecule has 1 saturated carbocycles. The van der Waals surface area contributed by atoms with Crippen molar-refractivity contribution in [2.75, 3.05) is 12.9 Å². The molecule has 0 spiro atoms. The molecule has 0 aliphatic heterocycles. The molecule has 18 heavy (non-hydrogen) atoms. The lowest BCUT2D eigenvalue weighted by atomic mass is 9.65. The molecule has 0 aromatic heterocycles. The van der Waals surface area contributed by atoms with E-state index in [2.05, 4.69) is 4.72 Å². The van der Waals surface area contributed by atoms with Gasteiger partial charge in [-0.05, 0) is 12.8 Å². The molecule has 1 fully saturated rings. The molecule has 1 aliphatic carbocycles. The SMILES string of the molecule is COC1CC(NS(=O)(=O)CCCC(=O)O)C1(C)C. The second-order valence-corrected chi connectivity index (χ2v) is 7.14. The number of carbonyl (C=O) groups is 1. The average Bonchev–Trinajstić information content (AvgIpc) is 2.22. The maximum absolute atomic E-state index is 11.8. The fourth-order valence-electron chi connectivity index (χ4n) is 2.17. The molecule has 0 bridgehead atoms. The topological polar surface area (TPSA) is 92.7 Å². The molecule has 6 nitrogen and oxygen atoms in total.